The van der Waals surface area contributed by atoms with Gasteiger partial charge in [0.05, 0.1) is 10.0 Å². The van der Waals surface area contributed by atoms with E-state index in [-0.39, 0.29) is 17.1 Å². The molecule has 2 rings (SSSR count). The molecule has 2 aromatic carbocycles. The predicted octanol–water partition coefficient (Wildman–Crippen LogP) is 3.60. The number of hydrogen-bond acceptors (Lipinski definition) is 4. The molecule has 0 spiro atoms. The summed E-state index contributed by atoms with van der Waals surface area (Å²) in [4.78, 5) is 35.9. The minimum absolute atomic E-state index is 0.230. The van der Waals surface area contributed by atoms with E-state index >= 15 is 0 Å². The van der Waals surface area contributed by atoms with Crippen molar-refractivity contribution >= 4 is 46.7 Å². The summed E-state index contributed by atoms with van der Waals surface area (Å²) in [7, 11) is 0. The lowest BCUT2D eigenvalue weighted by molar-refractivity contribution is -0.152. The standard InChI is InChI=1S/C19H18Cl2N2O4/c1-11-3-6-14(7-4-11)23-18(25)12(2)27-17(24)10-22-19(26)13-5-8-15(20)16(21)9-13/h3-9,12H,10H2,1-2H3,(H,22,26)(H,23,25)/t12-/m0/s1. The van der Waals surface area contributed by atoms with Gasteiger partial charge >= 0.3 is 5.97 Å². The maximum Gasteiger partial charge on any atom is 0.326 e. The average Bonchev–Trinajstić information content (AvgIpc) is 2.63. The Kier molecular flexibility index (Phi) is 7.21. The first-order valence-corrected chi connectivity index (χ1v) is 8.82. The number of esters is 1. The SMILES string of the molecule is Cc1ccc(NC(=O)[C@H](C)OC(=O)CNC(=O)c2ccc(Cl)c(Cl)c2)cc1. The van der Waals surface area contributed by atoms with Crippen LogP contribution in [0.5, 0.6) is 0 Å². The van der Waals surface area contributed by atoms with Crippen molar-refractivity contribution in [2.24, 2.45) is 0 Å². The van der Waals surface area contributed by atoms with Gasteiger partial charge in [-0.05, 0) is 44.2 Å². The molecular formula is C19H18Cl2N2O4. The van der Waals surface area contributed by atoms with Crippen LogP contribution in [0.2, 0.25) is 10.0 Å². The topological polar surface area (TPSA) is 84.5 Å². The van der Waals surface area contributed by atoms with Gasteiger partial charge in [0.15, 0.2) is 6.10 Å². The van der Waals surface area contributed by atoms with Crippen LogP contribution >= 0.6 is 23.2 Å². The smallest absolute Gasteiger partial charge is 0.326 e. The summed E-state index contributed by atoms with van der Waals surface area (Å²) in [6.45, 7) is 2.99. The summed E-state index contributed by atoms with van der Waals surface area (Å²) in [6.07, 6.45) is -1.01. The summed E-state index contributed by atoms with van der Waals surface area (Å²) in [5.41, 5.74) is 1.91. The molecule has 1 atom stereocenters. The number of halogens is 2. The van der Waals surface area contributed by atoms with Crippen molar-refractivity contribution in [3.05, 3.63) is 63.6 Å². The molecule has 0 unspecified atom stereocenters. The van der Waals surface area contributed by atoms with Crippen molar-refractivity contribution in [3.8, 4) is 0 Å². The highest BCUT2D eigenvalue weighted by Gasteiger charge is 2.18. The molecule has 2 aromatic rings. The van der Waals surface area contributed by atoms with Crippen molar-refractivity contribution < 1.29 is 19.1 Å². The van der Waals surface area contributed by atoms with Gasteiger partial charge in [0, 0.05) is 11.3 Å². The normalized spacial score (nSPS) is 11.4. The van der Waals surface area contributed by atoms with E-state index in [9.17, 15) is 14.4 Å². The molecule has 2 amide bonds. The van der Waals surface area contributed by atoms with Crippen LogP contribution < -0.4 is 10.6 Å². The fourth-order valence-corrected chi connectivity index (χ4v) is 2.36. The van der Waals surface area contributed by atoms with Crippen LogP contribution in [0.15, 0.2) is 42.5 Å². The van der Waals surface area contributed by atoms with E-state index < -0.39 is 23.9 Å². The first-order valence-electron chi connectivity index (χ1n) is 8.06. The van der Waals surface area contributed by atoms with Crippen molar-refractivity contribution in [2.75, 3.05) is 11.9 Å². The highest BCUT2D eigenvalue weighted by molar-refractivity contribution is 6.42. The molecule has 0 fully saturated rings. The van der Waals surface area contributed by atoms with Crippen LogP contribution in [0.25, 0.3) is 0 Å². The van der Waals surface area contributed by atoms with Gasteiger partial charge in [0.25, 0.3) is 11.8 Å². The number of benzene rings is 2. The second-order valence-corrected chi connectivity index (χ2v) is 6.61. The minimum atomic E-state index is -1.01. The zero-order chi connectivity index (χ0) is 20.0. The van der Waals surface area contributed by atoms with Crippen molar-refractivity contribution in [1.29, 1.82) is 0 Å². The van der Waals surface area contributed by atoms with Gasteiger partial charge in [0.1, 0.15) is 6.54 Å². The van der Waals surface area contributed by atoms with E-state index in [1.165, 1.54) is 25.1 Å². The first-order chi connectivity index (χ1) is 12.8. The number of rotatable bonds is 6. The molecule has 27 heavy (non-hydrogen) atoms. The lowest BCUT2D eigenvalue weighted by Gasteiger charge is -2.14. The molecule has 0 aliphatic heterocycles. The first kappa shape index (κ1) is 20.7. The molecular weight excluding hydrogens is 391 g/mol. The van der Waals surface area contributed by atoms with Crippen molar-refractivity contribution in [3.63, 3.8) is 0 Å². The lowest BCUT2D eigenvalue weighted by atomic mass is 10.2. The van der Waals surface area contributed by atoms with E-state index in [0.717, 1.165) is 5.56 Å². The zero-order valence-electron chi connectivity index (χ0n) is 14.7. The number of carbonyl (C=O) groups excluding carboxylic acids is 3. The van der Waals surface area contributed by atoms with Gasteiger partial charge in [-0.15, -0.1) is 0 Å². The Morgan fingerprint density at radius 3 is 2.33 bits per heavy atom. The molecule has 0 bridgehead atoms. The van der Waals surface area contributed by atoms with E-state index in [1.54, 1.807) is 12.1 Å². The highest BCUT2D eigenvalue weighted by atomic mass is 35.5. The number of aryl methyl sites for hydroxylation is 1. The quantitative estimate of drug-likeness (QED) is 0.714. The van der Waals surface area contributed by atoms with Gasteiger partial charge < -0.3 is 15.4 Å². The van der Waals surface area contributed by atoms with Crippen molar-refractivity contribution in [1.82, 2.24) is 5.32 Å². The molecule has 0 radical (unpaired) electrons. The van der Waals surface area contributed by atoms with E-state index in [4.69, 9.17) is 27.9 Å². The van der Waals surface area contributed by atoms with Crippen LogP contribution in [-0.2, 0) is 14.3 Å². The third-order valence-electron chi connectivity index (χ3n) is 3.57. The van der Waals surface area contributed by atoms with Crippen LogP contribution in [0.3, 0.4) is 0 Å². The van der Waals surface area contributed by atoms with E-state index in [2.05, 4.69) is 10.6 Å². The van der Waals surface area contributed by atoms with Gasteiger partial charge in [-0.2, -0.15) is 0 Å². The fourth-order valence-electron chi connectivity index (χ4n) is 2.07. The van der Waals surface area contributed by atoms with Crippen molar-refractivity contribution in [2.45, 2.75) is 20.0 Å². The number of ether oxygens (including phenoxy) is 1. The third kappa shape index (κ3) is 6.27. The summed E-state index contributed by atoms with van der Waals surface area (Å²) < 4.78 is 5.02. The molecule has 0 heterocycles. The number of carbonyl (C=O) groups is 3. The minimum Gasteiger partial charge on any atom is -0.451 e. The average molecular weight is 409 g/mol. The second kappa shape index (κ2) is 9.39. The molecule has 8 heteroatoms. The molecule has 0 saturated heterocycles. The second-order valence-electron chi connectivity index (χ2n) is 5.80. The Bertz CT molecular complexity index is 853. The van der Waals surface area contributed by atoms with E-state index in [0.29, 0.717) is 10.7 Å². The van der Waals surface area contributed by atoms with Gasteiger partial charge in [-0.3, -0.25) is 14.4 Å². The highest BCUT2D eigenvalue weighted by Crippen LogP contribution is 2.22. The van der Waals surface area contributed by atoms with Gasteiger partial charge in [-0.1, -0.05) is 40.9 Å². The van der Waals surface area contributed by atoms with Crippen LogP contribution in [-0.4, -0.2) is 30.4 Å². The Labute approximate surface area is 166 Å². The largest absolute Gasteiger partial charge is 0.451 e. The Balaban J connectivity index is 1.81. The molecule has 0 aromatic heterocycles. The monoisotopic (exact) mass is 408 g/mol. The Morgan fingerprint density at radius 1 is 1.04 bits per heavy atom. The lowest BCUT2D eigenvalue weighted by Crippen LogP contribution is -2.35. The fraction of sp³-hybridized carbons (Fsp3) is 0.211. The summed E-state index contributed by atoms with van der Waals surface area (Å²) >= 11 is 11.6. The number of hydrogen-bond donors (Lipinski definition) is 2. The predicted molar refractivity (Wildman–Crippen MR) is 104 cm³/mol. The van der Waals surface area contributed by atoms with Gasteiger partial charge in [-0.25, -0.2) is 0 Å². The van der Waals surface area contributed by atoms with Crippen LogP contribution in [0.4, 0.5) is 5.69 Å². The molecule has 0 aliphatic rings. The maximum atomic E-state index is 12.1. The summed E-state index contributed by atoms with van der Waals surface area (Å²) in [6, 6.07) is 11.6. The number of nitrogens with one attached hydrogen (secondary N) is 2. The maximum absolute atomic E-state index is 12.1. The van der Waals surface area contributed by atoms with Crippen LogP contribution in [0.1, 0.15) is 22.8 Å². The van der Waals surface area contributed by atoms with Gasteiger partial charge in [0.2, 0.25) is 0 Å². The van der Waals surface area contributed by atoms with Crippen LogP contribution in [0, 0.1) is 6.92 Å². The molecule has 142 valence electrons. The number of anilines is 1. The Hall–Kier alpha value is -2.57. The molecule has 6 nitrogen and oxygen atoms in total. The summed E-state index contributed by atoms with van der Waals surface area (Å²) in [5.74, 6) is -1.72. The summed E-state index contributed by atoms with van der Waals surface area (Å²) in [5, 5.41) is 5.59. The number of amides is 2. The zero-order valence-corrected chi connectivity index (χ0v) is 16.2. The molecule has 0 saturated carbocycles. The molecule has 0 aliphatic carbocycles. The third-order valence-corrected chi connectivity index (χ3v) is 4.31. The molecule has 2 N–H and O–H groups in total. The van der Waals surface area contributed by atoms with E-state index in [1.807, 2.05) is 19.1 Å². The Morgan fingerprint density at radius 2 is 1.70 bits per heavy atom.